The molecule has 0 aliphatic carbocycles. The maximum atomic E-state index is 13.4. The number of fused-ring (bicyclic) bond motifs is 1. The third kappa shape index (κ3) is 6.74. The lowest BCUT2D eigenvalue weighted by Gasteiger charge is -2.46. The number of amides is 2. The highest BCUT2D eigenvalue weighted by molar-refractivity contribution is 8.03. The molecule has 2 fully saturated rings. The topological polar surface area (TPSA) is 211 Å². The van der Waals surface area contributed by atoms with Crippen LogP contribution in [-0.2, 0) is 42.3 Å². The Bertz CT molecular complexity index is 1640. The number of carbonyl (C=O) groups is 3. The molecule has 2 aromatic carbocycles. The van der Waals surface area contributed by atoms with Crippen molar-refractivity contribution in [2.45, 2.75) is 61.8 Å². The molecule has 0 radical (unpaired) electrons. The molecule has 2 amide bonds. The first kappa shape index (κ1) is 32.6. The molecule has 14 nitrogen and oxygen atoms in total. The van der Waals surface area contributed by atoms with E-state index in [2.05, 4.69) is 10.6 Å². The quantitative estimate of drug-likeness (QED) is 0.116. The third-order valence-electron chi connectivity index (χ3n) is 8.24. The van der Waals surface area contributed by atoms with Crippen LogP contribution in [0.5, 0.6) is 0 Å². The Morgan fingerprint density at radius 2 is 1.84 bits per heavy atom. The lowest BCUT2D eigenvalue weighted by Crippen LogP contribution is -2.63. The van der Waals surface area contributed by atoms with Crippen molar-refractivity contribution in [1.29, 1.82) is 0 Å². The zero-order chi connectivity index (χ0) is 32.6. The van der Waals surface area contributed by atoms with Crippen LogP contribution in [0.1, 0.15) is 31.4 Å². The van der Waals surface area contributed by atoms with Gasteiger partial charge in [0.1, 0.15) is 12.3 Å². The Morgan fingerprint density at radius 3 is 2.44 bits per heavy atom. The number of thioether (sulfide) groups is 1. The summed E-state index contributed by atoms with van der Waals surface area (Å²) in [4.78, 5) is 51.8. The molecule has 0 saturated carbocycles. The van der Waals surface area contributed by atoms with E-state index in [4.69, 9.17) is 9.88 Å². The molecule has 2 saturated heterocycles. The minimum absolute atomic E-state index is 0.0221. The van der Waals surface area contributed by atoms with E-state index >= 15 is 0 Å². The number of primary sulfonamides is 1. The molecule has 2 aromatic rings. The minimum atomic E-state index is -3.81. The zero-order valence-electron chi connectivity index (χ0n) is 24.4. The number of non-ortho nitro benzene ring substituents is 1. The summed E-state index contributed by atoms with van der Waals surface area (Å²) in [6, 6.07) is 10.6. The predicted octanol–water partition coefficient (Wildman–Crippen LogP) is 1.13. The van der Waals surface area contributed by atoms with Gasteiger partial charge in [0.2, 0.25) is 21.8 Å². The van der Waals surface area contributed by atoms with Crippen molar-refractivity contribution in [2.75, 3.05) is 6.54 Å². The van der Waals surface area contributed by atoms with Gasteiger partial charge in [-0.2, -0.15) is 0 Å². The SMILES string of the molecule is CC1C(S[C@@H]2CN[C@H](C(=O)NCc3ccc(S(N)(=O)=O)cc3)C2)=C(C(=O)OCc2ccc([N+](=O)[O-])cc2)N2C(=O)C([C@@H](C)O)C12. The number of benzene rings is 2. The lowest BCUT2D eigenvalue weighted by atomic mass is 9.79. The van der Waals surface area contributed by atoms with Crippen LogP contribution in [-0.4, -0.2) is 71.1 Å². The number of nitrogens with zero attached hydrogens (tertiary/aromatic N) is 2. The first-order chi connectivity index (χ1) is 21.3. The molecule has 45 heavy (non-hydrogen) atoms. The summed E-state index contributed by atoms with van der Waals surface area (Å²) in [5.41, 5.74) is 1.27. The number of rotatable bonds is 11. The van der Waals surface area contributed by atoms with E-state index in [1.807, 2.05) is 6.92 Å². The molecular formula is C29H33N5O9S2. The third-order valence-corrected chi connectivity index (χ3v) is 10.7. The number of sulfonamides is 1. The van der Waals surface area contributed by atoms with E-state index in [-0.39, 0.29) is 52.4 Å². The Labute approximate surface area is 263 Å². The fourth-order valence-electron chi connectivity index (χ4n) is 5.88. The highest BCUT2D eigenvalue weighted by atomic mass is 32.2. The molecule has 3 heterocycles. The predicted molar refractivity (Wildman–Crippen MR) is 162 cm³/mol. The van der Waals surface area contributed by atoms with Gasteiger partial charge in [0.15, 0.2) is 0 Å². The number of aliphatic hydroxyl groups excluding tert-OH is 1. The number of carbonyl (C=O) groups excluding carboxylic acids is 3. The van der Waals surface area contributed by atoms with Gasteiger partial charge in [-0.3, -0.25) is 19.7 Å². The Kier molecular flexibility index (Phi) is 9.32. The van der Waals surface area contributed by atoms with Gasteiger partial charge >= 0.3 is 5.97 Å². The maximum absolute atomic E-state index is 13.4. The monoisotopic (exact) mass is 659 g/mol. The van der Waals surface area contributed by atoms with Gasteiger partial charge in [-0.05, 0) is 48.7 Å². The van der Waals surface area contributed by atoms with Gasteiger partial charge in [-0.25, -0.2) is 18.4 Å². The average Bonchev–Trinajstić information content (AvgIpc) is 3.55. The normalized spacial score (nSPS) is 25.0. The van der Waals surface area contributed by atoms with Gasteiger partial charge in [0.05, 0.1) is 33.9 Å². The fraction of sp³-hybridized carbons (Fsp3) is 0.414. The highest BCUT2D eigenvalue weighted by Gasteiger charge is 2.60. The second-order valence-electron chi connectivity index (χ2n) is 11.3. The molecular weight excluding hydrogens is 626 g/mol. The summed E-state index contributed by atoms with van der Waals surface area (Å²) in [6.07, 6.45) is -0.458. The van der Waals surface area contributed by atoms with Crippen LogP contribution >= 0.6 is 11.8 Å². The Hall–Kier alpha value is -3.83. The van der Waals surface area contributed by atoms with E-state index in [9.17, 15) is 38.0 Å². The maximum Gasteiger partial charge on any atom is 0.356 e. The van der Waals surface area contributed by atoms with E-state index < -0.39 is 45.0 Å². The molecule has 3 aliphatic heterocycles. The van der Waals surface area contributed by atoms with Crippen molar-refractivity contribution in [3.05, 3.63) is 80.4 Å². The van der Waals surface area contributed by atoms with Crippen LogP contribution in [0, 0.1) is 22.0 Å². The second-order valence-corrected chi connectivity index (χ2v) is 14.2. The number of esters is 1. The molecule has 0 spiro atoms. The summed E-state index contributed by atoms with van der Waals surface area (Å²) in [5, 5.41) is 32.3. The number of nitrogens with one attached hydrogen (secondary N) is 2. The first-order valence-corrected chi connectivity index (χ1v) is 16.6. The lowest BCUT2D eigenvalue weighted by molar-refractivity contribution is -0.384. The molecule has 5 N–H and O–H groups in total. The van der Waals surface area contributed by atoms with Gasteiger partial charge < -0.3 is 25.4 Å². The van der Waals surface area contributed by atoms with Crippen LogP contribution < -0.4 is 15.8 Å². The van der Waals surface area contributed by atoms with Gasteiger partial charge in [-0.1, -0.05) is 19.1 Å². The largest absolute Gasteiger partial charge is 0.456 e. The zero-order valence-corrected chi connectivity index (χ0v) is 26.0. The van der Waals surface area contributed by atoms with Crippen molar-refractivity contribution in [3.63, 3.8) is 0 Å². The summed E-state index contributed by atoms with van der Waals surface area (Å²) < 4.78 is 28.5. The number of ether oxygens (including phenoxy) is 1. The van der Waals surface area contributed by atoms with Crippen LogP contribution in [0.3, 0.4) is 0 Å². The molecule has 3 aliphatic rings. The minimum Gasteiger partial charge on any atom is -0.456 e. The van der Waals surface area contributed by atoms with Gasteiger partial charge in [0, 0.05) is 41.3 Å². The van der Waals surface area contributed by atoms with Crippen molar-refractivity contribution in [3.8, 4) is 0 Å². The number of nitrogens with two attached hydrogens (primary N) is 1. The first-order valence-electron chi connectivity index (χ1n) is 14.2. The molecule has 3 unspecified atom stereocenters. The summed E-state index contributed by atoms with van der Waals surface area (Å²) >= 11 is 1.41. The average molecular weight is 660 g/mol. The fourth-order valence-corrected chi connectivity index (χ4v) is 7.87. The van der Waals surface area contributed by atoms with E-state index in [0.717, 1.165) is 0 Å². The highest BCUT2D eigenvalue weighted by Crippen LogP contribution is 2.52. The van der Waals surface area contributed by atoms with Gasteiger partial charge in [-0.15, -0.1) is 11.8 Å². The smallest absolute Gasteiger partial charge is 0.356 e. The molecule has 5 rings (SSSR count). The number of hydrogen-bond donors (Lipinski definition) is 4. The molecule has 6 atom stereocenters. The Morgan fingerprint density at radius 1 is 1.20 bits per heavy atom. The number of nitro benzene ring substituents is 1. The Balaban J connectivity index is 1.25. The molecule has 0 bridgehead atoms. The van der Waals surface area contributed by atoms with Crippen LogP contribution in [0.4, 0.5) is 5.69 Å². The van der Waals surface area contributed by atoms with E-state index in [1.54, 1.807) is 19.1 Å². The van der Waals surface area contributed by atoms with Crippen molar-refractivity contribution >= 4 is 45.3 Å². The summed E-state index contributed by atoms with van der Waals surface area (Å²) in [7, 11) is -3.81. The van der Waals surface area contributed by atoms with Crippen molar-refractivity contribution < 1.29 is 37.6 Å². The number of aliphatic hydroxyl groups is 1. The number of hydrogen-bond acceptors (Lipinski definition) is 11. The van der Waals surface area contributed by atoms with E-state index in [1.165, 1.54) is 53.1 Å². The summed E-state index contributed by atoms with van der Waals surface area (Å²) in [5.74, 6) is -2.23. The van der Waals surface area contributed by atoms with Crippen LogP contribution in [0.25, 0.3) is 0 Å². The van der Waals surface area contributed by atoms with Gasteiger partial charge in [0.25, 0.3) is 5.69 Å². The molecule has 240 valence electrons. The number of β-lactam (4-membered cyclic amide) rings is 1. The van der Waals surface area contributed by atoms with Crippen LogP contribution in [0.2, 0.25) is 0 Å². The summed E-state index contributed by atoms with van der Waals surface area (Å²) in [6.45, 7) is 3.93. The van der Waals surface area contributed by atoms with Crippen molar-refractivity contribution in [2.24, 2.45) is 17.0 Å². The standard InChI is InChI=1S/C29H33N5O9S2/c1-15-24-23(16(2)35)28(37)33(24)25(29(38)43-14-18-3-7-19(8-4-18)34(39)40)26(15)44-20-11-22(31-13-20)27(36)32-12-17-5-9-21(10-6-17)45(30,41)42/h3-10,15-16,20,22-24,31,35H,11-14H2,1-2H3,(H,32,36)(H2,30,41,42)/t15?,16-,20+,22+,23?,24?/m1/s1. The van der Waals surface area contributed by atoms with E-state index in [0.29, 0.717) is 29.0 Å². The second kappa shape index (κ2) is 12.9. The van der Waals surface area contributed by atoms with Crippen LogP contribution in [0.15, 0.2) is 64.0 Å². The molecule has 0 aromatic heterocycles. The molecule has 16 heteroatoms. The number of nitro groups is 1. The van der Waals surface area contributed by atoms with Crippen molar-refractivity contribution in [1.82, 2.24) is 15.5 Å².